The van der Waals surface area contributed by atoms with E-state index in [9.17, 15) is 4.79 Å². The van der Waals surface area contributed by atoms with E-state index in [4.69, 9.17) is 5.73 Å². The lowest BCUT2D eigenvalue weighted by atomic mass is 10.1. The van der Waals surface area contributed by atoms with Crippen molar-refractivity contribution in [3.05, 3.63) is 28.2 Å². The fraction of sp³-hybridized carbons (Fsp3) is 0.562. The van der Waals surface area contributed by atoms with Crippen molar-refractivity contribution in [2.75, 3.05) is 24.5 Å². The molecule has 116 valence electrons. The predicted molar refractivity (Wildman–Crippen MR) is 90.7 cm³/mol. The number of hydrogen-bond donors (Lipinski definition) is 2. The van der Waals surface area contributed by atoms with Gasteiger partial charge < -0.3 is 16.0 Å². The van der Waals surface area contributed by atoms with E-state index in [-0.39, 0.29) is 0 Å². The number of anilines is 1. The minimum absolute atomic E-state index is 0.402. The summed E-state index contributed by atoms with van der Waals surface area (Å²) >= 11 is 3.45. The number of halogens is 1. The highest BCUT2D eigenvalue weighted by atomic mass is 79.9. The van der Waals surface area contributed by atoms with Crippen molar-refractivity contribution in [2.24, 2.45) is 11.7 Å². The lowest BCUT2D eigenvalue weighted by Crippen LogP contribution is -2.39. The molecule has 5 heteroatoms. The summed E-state index contributed by atoms with van der Waals surface area (Å²) in [6.45, 7) is 7.56. The molecule has 1 aliphatic heterocycles. The second kappa shape index (κ2) is 7.27. The number of benzene rings is 1. The molecule has 1 atom stereocenters. The Kier molecular flexibility index (Phi) is 5.65. The largest absolute Gasteiger partial charge is 0.370 e. The highest BCUT2D eigenvalue weighted by Gasteiger charge is 2.19. The third-order valence-electron chi connectivity index (χ3n) is 3.77. The molecule has 1 fully saturated rings. The summed E-state index contributed by atoms with van der Waals surface area (Å²) in [7, 11) is 0. The molecule has 0 spiro atoms. The average Bonchev–Trinajstić information content (AvgIpc) is 2.89. The number of nitrogens with one attached hydrogen (secondary N) is 1. The maximum absolute atomic E-state index is 11.3. The van der Waals surface area contributed by atoms with Gasteiger partial charge in [-0.3, -0.25) is 4.79 Å². The molecule has 3 N–H and O–H groups in total. The number of nitrogens with zero attached hydrogens (tertiary/aromatic N) is 1. The van der Waals surface area contributed by atoms with Crippen LogP contribution in [0.25, 0.3) is 0 Å². The summed E-state index contributed by atoms with van der Waals surface area (Å²) < 4.78 is 0.764. The molecule has 4 nitrogen and oxygen atoms in total. The first-order chi connectivity index (χ1) is 9.97. The highest BCUT2D eigenvalue weighted by Crippen LogP contribution is 2.25. The summed E-state index contributed by atoms with van der Waals surface area (Å²) in [4.78, 5) is 13.7. The van der Waals surface area contributed by atoms with Crippen molar-refractivity contribution < 1.29 is 4.79 Å². The van der Waals surface area contributed by atoms with Crippen LogP contribution in [-0.4, -0.2) is 31.6 Å². The van der Waals surface area contributed by atoms with Crippen LogP contribution in [-0.2, 0) is 0 Å². The molecule has 1 saturated heterocycles. The highest BCUT2D eigenvalue weighted by molar-refractivity contribution is 9.10. The SMILES string of the molecule is CC(C)CN(CC1CCCN1)c1ccc(C(N)=O)c(Br)c1. The van der Waals surface area contributed by atoms with Gasteiger partial charge in [0, 0.05) is 29.3 Å². The van der Waals surface area contributed by atoms with Crippen LogP contribution in [0.3, 0.4) is 0 Å². The van der Waals surface area contributed by atoms with E-state index in [0.717, 1.165) is 29.8 Å². The molecular weight excluding hydrogens is 330 g/mol. The molecule has 1 aromatic carbocycles. The number of carbonyl (C=O) groups excluding carboxylic acids is 1. The molecule has 1 aromatic rings. The van der Waals surface area contributed by atoms with Crippen molar-refractivity contribution in [2.45, 2.75) is 32.7 Å². The molecule has 1 aliphatic rings. The second-order valence-corrected chi connectivity index (χ2v) is 6.97. The summed E-state index contributed by atoms with van der Waals surface area (Å²) in [6.07, 6.45) is 2.49. The molecule has 0 saturated carbocycles. The predicted octanol–water partition coefficient (Wildman–Crippen LogP) is 2.76. The van der Waals surface area contributed by atoms with Crippen molar-refractivity contribution in [3.63, 3.8) is 0 Å². The van der Waals surface area contributed by atoms with Gasteiger partial charge in [-0.2, -0.15) is 0 Å². The number of amides is 1. The standard InChI is InChI=1S/C16H24BrN3O/c1-11(2)9-20(10-12-4-3-7-19-12)13-5-6-14(16(18)21)15(17)8-13/h5-6,8,11-12,19H,3-4,7,9-10H2,1-2H3,(H2,18,21). The fourth-order valence-electron chi connectivity index (χ4n) is 2.81. The van der Waals surface area contributed by atoms with E-state index in [1.165, 1.54) is 12.8 Å². The lowest BCUT2D eigenvalue weighted by molar-refractivity contribution is 0.0999. The fourth-order valence-corrected chi connectivity index (χ4v) is 3.37. The van der Waals surface area contributed by atoms with Crippen LogP contribution >= 0.6 is 15.9 Å². The second-order valence-electron chi connectivity index (χ2n) is 6.12. The maximum atomic E-state index is 11.3. The van der Waals surface area contributed by atoms with E-state index < -0.39 is 5.91 Å². The Morgan fingerprint density at radius 3 is 2.81 bits per heavy atom. The van der Waals surface area contributed by atoms with Gasteiger partial charge >= 0.3 is 0 Å². The van der Waals surface area contributed by atoms with Gasteiger partial charge in [0.1, 0.15) is 0 Å². The molecule has 2 rings (SSSR count). The first-order valence-corrected chi connectivity index (χ1v) is 8.34. The summed E-state index contributed by atoms with van der Waals surface area (Å²) in [6, 6.07) is 6.34. The number of primary amides is 1. The van der Waals surface area contributed by atoms with Crippen molar-refractivity contribution in [1.29, 1.82) is 0 Å². The van der Waals surface area contributed by atoms with Crippen LogP contribution in [0.5, 0.6) is 0 Å². The van der Waals surface area contributed by atoms with E-state index >= 15 is 0 Å². The van der Waals surface area contributed by atoms with Crippen LogP contribution in [0.15, 0.2) is 22.7 Å². The quantitative estimate of drug-likeness (QED) is 0.826. The molecule has 21 heavy (non-hydrogen) atoms. The summed E-state index contributed by atoms with van der Waals surface area (Å²) in [5.74, 6) is 0.183. The molecule has 0 aromatic heterocycles. The van der Waals surface area contributed by atoms with E-state index in [1.807, 2.05) is 12.1 Å². The first-order valence-electron chi connectivity index (χ1n) is 7.55. The first kappa shape index (κ1) is 16.3. The van der Waals surface area contributed by atoms with Gasteiger partial charge in [0.15, 0.2) is 0 Å². The number of hydrogen-bond acceptors (Lipinski definition) is 3. The zero-order valence-electron chi connectivity index (χ0n) is 12.7. The van der Waals surface area contributed by atoms with Crippen molar-refractivity contribution >= 4 is 27.5 Å². The molecule has 1 heterocycles. The summed E-state index contributed by atoms with van der Waals surface area (Å²) in [5.41, 5.74) is 7.02. The van der Waals surface area contributed by atoms with Crippen molar-refractivity contribution in [3.8, 4) is 0 Å². The van der Waals surface area contributed by atoms with Crippen molar-refractivity contribution in [1.82, 2.24) is 5.32 Å². The van der Waals surface area contributed by atoms with E-state index in [0.29, 0.717) is 17.5 Å². The molecule has 0 radical (unpaired) electrons. The number of rotatable bonds is 6. The molecule has 0 bridgehead atoms. The number of carbonyl (C=O) groups is 1. The van der Waals surface area contributed by atoms with Crippen LogP contribution in [0.4, 0.5) is 5.69 Å². The third kappa shape index (κ3) is 4.45. The summed E-state index contributed by atoms with van der Waals surface area (Å²) in [5, 5.41) is 3.55. The van der Waals surface area contributed by atoms with Crippen LogP contribution in [0.2, 0.25) is 0 Å². The molecule has 0 aliphatic carbocycles. The Morgan fingerprint density at radius 1 is 1.52 bits per heavy atom. The molecular formula is C16H24BrN3O. The monoisotopic (exact) mass is 353 g/mol. The zero-order chi connectivity index (χ0) is 15.4. The maximum Gasteiger partial charge on any atom is 0.249 e. The van der Waals surface area contributed by atoms with E-state index in [2.05, 4.69) is 40.0 Å². The Hall–Kier alpha value is -1.07. The normalized spacial score (nSPS) is 18.2. The van der Waals surface area contributed by atoms with Gasteiger partial charge in [-0.05, 0) is 59.4 Å². The number of nitrogens with two attached hydrogens (primary N) is 1. The van der Waals surface area contributed by atoms with Crippen LogP contribution < -0.4 is 16.0 Å². The van der Waals surface area contributed by atoms with Gasteiger partial charge in [-0.15, -0.1) is 0 Å². The minimum Gasteiger partial charge on any atom is -0.370 e. The molecule has 1 unspecified atom stereocenters. The van der Waals surface area contributed by atoms with Gasteiger partial charge in [0.2, 0.25) is 5.91 Å². The topological polar surface area (TPSA) is 58.4 Å². The van der Waals surface area contributed by atoms with Gasteiger partial charge in [0.25, 0.3) is 0 Å². The average molecular weight is 354 g/mol. The van der Waals surface area contributed by atoms with Gasteiger partial charge in [-0.25, -0.2) is 0 Å². The Balaban J connectivity index is 2.18. The molecule has 1 amide bonds. The van der Waals surface area contributed by atoms with Crippen LogP contribution in [0, 0.1) is 5.92 Å². The minimum atomic E-state index is -0.402. The van der Waals surface area contributed by atoms with Gasteiger partial charge in [-0.1, -0.05) is 13.8 Å². The zero-order valence-corrected chi connectivity index (χ0v) is 14.3. The Bertz CT molecular complexity index is 498. The van der Waals surface area contributed by atoms with Crippen LogP contribution in [0.1, 0.15) is 37.0 Å². The third-order valence-corrected chi connectivity index (χ3v) is 4.43. The Labute approximate surface area is 135 Å². The lowest BCUT2D eigenvalue weighted by Gasteiger charge is -2.30. The smallest absolute Gasteiger partial charge is 0.249 e. The Morgan fingerprint density at radius 2 is 2.29 bits per heavy atom. The van der Waals surface area contributed by atoms with Gasteiger partial charge in [0.05, 0.1) is 5.56 Å². The van der Waals surface area contributed by atoms with E-state index in [1.54, 1.807) is 6.07 Å².